The van der Waals surface area contributed by atoms with Crippen molar-refractivity contribution in [3.63, 3.8) is 0 Å². The van der Waals surface area contributed by atoms with Crippen molar-refractivity contribution in [3.8, 4) is 0 Å². The van der Waals surface area contributed by atoms with Crippen molar-refractivity contribution in [2.24, 2.45) is 0 Å². The Hall–Kier alpha value is -0.430. The van der Waals surface area contributed by atoms with Crippen molar-refractivity contribution in [1.29, 1.82) is 0 Å². The van der Waals surface area contributed by atoms with Crippen LogP contribution in [0.3, 0.4) is 0 Å². The second-order valence-corrected chi connectivity index (χ2v) is 6.42. The average molecular weight is 389 g/mol. The first-order valence-electron chi connectivity index (χ1n) is 7.52. The Morgan fingerprint density at radius 2 is 1.95 bits per heavy atom. The van der Waals surface area contributed by atoms with Gasteiger partial charge in [0.1, 0.15) is 11.4 Å². The fourth-order valence-electron chi connectivity index (χ4n) is 2.85. The lowest BCUT2D eigenvalue weighted by atomic mass is 10.0. The predicted molar refractivity (Wildman–Crippen MR) is 90.1 cm³/mol. The van der Waals surface area contributed by atoms with Gasteiger partial charge in [-0.2, -0.15) is 0 Å². The smallest absolute Gasteiger partial charge is 0.162 e. The number of rotatable bonds is 6. The zero-order chi connectivity index (χ0) is 14.6. The van der Waals surface area contributed by atoms with E-state index in [1.165, 1.54) is 12.8 Å². The number of halogens is 1. The molecule has 0 unspecified atom stereocenters. The standard InChI is InChI=1S/C15H24IN3O/c1-4-8-11-12(16)13(17-5-2)19-14(18-11)15(20-3)9-6-7-10-15/h4-10H2,1-3H3,(H,17,18,19). The zero-order valence-electron chi connectivity index (χ0n) is 12.6. The lowest BCUT2D eigenvalue weighted by molar-refractivity contribution is -0.0163. The Balaban J connectivity index is 2.46. The molecule has 1 aliphatic rings. The van der Waals surface area contributed by atoms with Crippen molar-refractivity contribution < 1.29 is 4.74 Å². The summed E-state index contributed by atoms with van der Waals surface area (Å²) < 4.78 is 6.99. The molecule has 0 saturated heterocycles. The summed E-state index contributed by atoms with van der Waals surface area (Å²) in [6.45, 7) is 5.16. The largest absolute Gasteiger partial charge is 0.370 e. The summed E-state index contributed by atoms with van der Waals surface area (Å²) in [5.74, 6) is 1.84. The van der Waals surface area contributed by atoms with Gasteiger partial charge < -0.3 is 10.1 Å². The zero-order valence-corrected chi connectivity index (χ0v) is 14.8. The number of anilines is 1. The van der Waals surface area contributed by atoms with Gasteiger partial charge in [0, 0.05) is 13.7 Å². The third-order valence-electron chi connectivity index (χ3n) is 3.96. The molecule has 5 heteroatoms. The topological polar surface area (TPSA) is 47.0 Å². The molecule has 2 rings (SSSR count). The maximum absolute atomic E-state index is 5.84. The fraction of sp³-hybridized carbons (Fsp3) is 0.733. The van der Waals surface area contributed by atoms with Gasteiger partial charge in [0.15, 0.2) is 5.82 Å². The molecule has 20 heavy (non-hydrogen) atoms. The molecule has 0 spiro atoms. The van der Waals surface area contributed by atoms with Crippen LogP contribution in [0.4, 0.5) is 5.82 Å². The minimum Gasteiger partial charge on any atom is -0.370 e. The van der Waals surface area contributed by atoms with Crippen LogP contribution in [0, 0.1) is 3.57 Å². The number of methoxy groups -OCH3 is 1. The van der Waals surface area contributed by atoms with E-state index in [-0.39, 0.29) is 5.60 Å². The molecule has 1 fully saturated rings. The number of aryl methyl sites for hydroxylation is 1. The highest BCUT2D eigenvalue weighted by molar-refractivity contribution is 14.1. The third-order valence-corrected chi connectivity index (χ3v) is 5.09. The van der Waals surface area contributed by atoms with Gasteiger partial charge in [-0.05, 0) is 61.6 Å². The van der Waals surface area contributed by atoms with E-state index in [4.69, 9.17) is 14.7 Å². The molecule has 0 amide bonds. The Labute approximate surface area is 135 Å². The van der Waals surface area contributed by atoms with Crippen LogP contribution in [0.5, 0.6) is 0 Å². The number of nitrogens with zero attached hydrogens (tertiary/aromatic N) is 2. The van der Waals surface area contributed by atoms with Gasteiger partial charge in [0.2, 0.25) is 0 Å². The molecule has 0 radical (unpaired) electrons. The molecular weight excluding hydrogens is 365 g/mol. The molecule has 1 aromatic heterocycles. The molecule has 1 saturated carbocycles. The Bertz CT molecular complexity index is 431. The van der Waals surface area contributed by atoms with Crippen LogP contribution in [0.25, 0.3) is 0 Å². The van der Waals surface area contributed by atoms with E-state index >= 15 is 0 Å². The number of aromatic nitrogens is 2. The van der Waals surface area contributed by atoms with E-state index in [0.29, 0.717) is 0 Å². The highest BCUT2D eigenvalue weighted by atomic mass is 127. The number of hydrogen-bond donors (Lipinski definition) is 1. The Kier molecular flexibility index (Phi) is 5.60. The van der Waals surface area contributed by atoms with Crippen molar-refractivity contribution in [3.05, 3.63) is 15.1 Å². The fourth-order valence-corrected chi connectivity index (χ4v) is 3.55. The van der Waals surface area contributed by atoms with Crippen molar-refractivity contribution in [2.75, 3.05) is 19.0 Å². The first kappa shape index (κ1) is 15.9. The molecule has 0 atom stereocenters. The van der Waals surface area contributed by atoms with Crippen LogP contribution in [-0.2, 0) is 16.8 Å². The van der Waals surface area contributed by atoms with Crippen LogP contribution in [-0.4, -0.2) is 23.6 Å². The average Bonchev–Trinajstić information content (AvgIpc) is 2.93. The number of hydrogen-bond acceptors (Lipinski definition) is 4. The number of nitrogens with one attached hydrogen (secondary N) is 1. The quantitative estimate of drug-likeness (QED) is 0.751. The highest BCUT2D eigenvalue weighted by Gasteiger charge is 2.39. The molecule has 112 valence electrons. The SMILES string of the molecule is CCCc1nc(C2(OC)CCCC2)nc(NCC)c1I. The van der Waals surface area contributed by atoms with Gasteiger partial charge in [-0.25, -0.2) is 9.97 Å². The molecule has 1 aliphatic carbocycles. The van der Waals surface area contributed by atoms with Gasteiger partial charge in [0.25, 0.3) is 0 Å². The molecule has 4 nitrogen and oxygen atoms in total. The van der Waals surface area contributed by atoms with E-state index in [2.05, 4.69) is 41.8 Å². The van der Waals surface area contributed by atoms with Crippen LogP contribution >= 0.6 is 22.6 Å². The van der Waals surface area contributed by atoms with Gasteiger partial charge >= 0.3 is 0 Å². The van der Waals surface area contributed by atoms with Crippen LogP contribution in [0.15, 0.2) is 0 Å². The molecule has 1 N–H and O–H groups in total. The lowest BCUT2D eigenvalue weighted by Gasteiger charge is -2.27. The maximum Gasteiger partial charge on any atom is 0.162 e. The first-order chi connectivity index (χ1) is 9.66. The highest BCUT2D eigenvalue weighted by Crippen LogP contribution is 2.41. The third kappa shape index (κ3) is 3.08. The van der Waals surface area contributed by atoms with E-state index in [1.807, 2.05) is 0 Å². The van der Waals surface area contributed by atoms with Crippen LogP contribution < -0.4 is 5.32 Å². The second kappa shape index (κ2) is 7.02. The molecule has 0 aliphatic heterocycles. The van der Waals surface area contributed by atoms with E-state index in [9.17, 15) is 0 Å². The summed E-state index contributed by atoms with van der Waals surface area (Å²) in [6, 6.07) is 0. The van der Waals surface area contributed by atoms with E-state index in [0.717, 1.165) is 53.1 Å². The van der Waals surface area contributed by atoms with Crippen LogP contribution in [0.2, 0.25) is 0 Å². The van der Waals surface area contributed by atoms with Crippen molar-refractivity contribution >= 4 is 28.4 Å². The van der Waals surface area contributed by atoms with E-state index < -0.39 is 0 Å². The predicted octanol–water partition coefficient (Wildman–Crippen LogP) is 3.88. The summed E-state index contributed by atoms with van der Waals surface area (Å²) >= 11 is 2.36. The molecular formula is C15H24IN3O. The Morgan fingerprint density at radius 1 is 1.25 bits per heavy atom. The molecule has 1 aromatic rings. The first-order valence-corrected chi connectivity index (χ1v) is 8.60. The second-order valence-electron chi connectivity index (χ2n) is 5.34. The van der Waals surface area contributed by atoms with Gasteiger partial charge in [-0.3, -0.25) is 0 Å². The van der Waals surface area contributed by atoms with Crippen molar-refractivity contribution in [2.45, 2.75) is 58.0 Å². The summed E-state index contributed by atoms with van der Waals surface area (Å²) in [7, 11) is 1.79. The van der Waals surface area contributed by atoms with Gasteiger partial charge in [-0.1, -0.05) is 13.3 Å². The number of ether oxygens (including phenoxy) is 1. The summed E-state index contributed by atoms with van der Waals surface area (Å²) in [5.41, 5.74) is 0.883. The summed E-state index contributed by atoms with van der Waals surface area (Å²) in [4.78, 5) is 9.62. The normalized spacial score (nSPS) is 17.4. The van der Waals surface area contributed by atoms with Gasteiger partial charge in [-0.15, -0.1) is 0 Å². The molecule has 0 bridgehead atoms. The Morgan fingerprint density at radius 3 is 2.50 bits per heavy atom. The summed E-state index contributed by atoms with van der Waals surface area (Å²) in [5, 5.41) is 3.37. The van der Waals surface area contributed by atoms with Crippen molar-refractivity contribution in [1.82, 2.24) is 9.97 Å². The molecule has 0 aromatic carbocycles. The lowest BCUT2D eigenvalue weighted by Crippen LogP contribution is -2.28. The minimum absolute atomic E-state index is 0.267. The monoisotopic (exact) mass is 389 g/mol. The molecule has 1 heterocycles. The summed E-state index contributed by atoms with van der Waals surface area (Å²) in [6.07, 6.45) is 6.54. The van der Waals surface area contributed by atoms with Crippen LogP contribution in [0.1, 0.15) is 57.5 Å². The van der Waals surface area contributed by atoms with E-state index in [1.54, 1.807) is 7.11 Å². The minimum atomic E-state index is -0.267. The maximum atomic E-state index is 5.84. The van der Waals surface area contributed by atoms with Gasteiger partial charge in [0.05, 0.1) is 9.26 Å².